The highest BCUT2D eigenvalue weighted by Gasteiger charge is 2.12. The molecule has 0 amide bonds. The van der Waals surface area contributed by atoms with E-state index in [1.54, 1.807) is 11.3 Å². The van der Waals surface area contributed by atoms with Crippen molar-refractivity contribution in [2.24, 2.45) is 5.92 Å². The smallest absolute Gasteiger partial charge is 0.0898 e. The molecule has 0 aliphatic carbocycles. The normalized spacial score (nSPS) is 13.5. The molecule has 1 rings (SSSR count). The second-order valence-corrected chi connectivity index (χ2v) is 4.89. The van der Waals surface area contributed by atoms with E-state index in [1.165, 1.54) is 0 Å². The Labute approximate surface area is 89.2 Å². The van der Waals surface area contributed by atoms with Gasteiger partial charge in [0, 0.05) is 5.38 Å². The van der Waals surface area contributed by atoms with Gasteiger partial charge in [0.2, 0.25) is 0 Å². The predicted molar refractivity (Wildman–Crippen MR) is 59.5 cm³/mol. The maximum atomic E-state index is 9.20. The average molecular weight is 214 g/mol. The fourth-order valence-corrected chi connectivity index (χ4v) is 1.85. The quantitative estimate of drug-likeness (QED) is 0.784. The number of rotatable bonds is 5. The second-order valence-electron chi connectivity index (χ2n) is 3.83. The lowest BCUT2D eigenvalue weighted by molar-refractivity contribution is 0.238. The number of nitrogens with zero attached hydrogens (tertiary/aromatic N) is 1. The summed E-state index contributed by atoms with van der Waals surface area (Å²) in [6.45, 7) is 7.28. The van der Waals surface area contributed by atoms with Crippen LogP contribution in [0.4, 0.5) is 0 Å². The van der Waals surface area contributed by atoms with E-state index < -0.39 is 0 Å². The van der Waals surface area contributed by atoms with E-state index >= 15 is 0 Å². The molecule has 0 bridgehead atoms. The SMILES string of the molecule is Cc1nc(C(CO)NCC(C)C)cs1. The fourth-order valence-electron chi connectivity index (χ4n) is 1.18. The van der Waals surface area contributed by atoms with Crippen molar-refractivity contribution in [3.05, 3.63) is 16.1 Å². The van der Waals surface area contributed by atoms with Crippen molar-refractivity contribution < 1.29 is 5.11 Å². The summed E-state index contributed by atoms with van der Waals surface area (Å²) in [5.41, 5.74) is 0.954. The lowest BCUT2D eigenvalue weighted by Crippen LogP contribution is -2.28. The Morgan fingerprint density at radius 1 is 1.57 bits per heavy atom. The molecule has 1 aromatic heterocycles. The number of aliphatic hydroxyl groups excluding tert-OH is 1. The number of nitrogens with one attached hydrogen (secondary N) is 1. The van der Waals surface area contributed by atoms with Gasteiger partial charge < -0.3 is 10.4 Å². The van der Waals surface area contributed by atoms with Gasteiger partial charge in [-0.2, -0.15) is 0 Å². The van der Waals surface area contributed by atoms with Crippen molar-refractivity contribution in [1.82, 2.24) is 10.3 Å². The zero-order valence-electron chi connectivity index (χ0n) is 8.95. The zero-order chi connectivity index (χ0) is 10.6. The molecular formula is C10H18N2OS. The van der Waals surface area contributed by atoms with Crippen LogP contribution in [-0.4, -0.2) is 23.2 Å². The minimum absolute atomic E-state index is 0.0117. The van der Waals surface area contributed by atoms with Crippen molar-refractivity contribution in [3.8, 4) is 0 Å². The van der Waals surface area contributed by atoms with Crippen molar-refractivity contribution in [3.63, 3.8) is 0 Å². The van der Waals surface area contributed by atoms with E-state index in [9.17, 15) is 5.11 Å². The molecule has 14 heavy (non-hydrogen) atoms. The average Bonchev–Trinajstić information content (AvgIpc) is 2.53. The first kappa shape index (κ1) is 11.6. The van der Waals surface area contributed by atoms with Gasteiger partial charge in [-0.05, 0) is 19.4 Å². The number of thiazole rings is 1. The Kier molecular flexibility index (Phi) is 4.51. The summed E-state index contributed by atoms with van der Waals surface area (Å²) in [6, 6.07) is -0.0117. The van der Waals surface area contributed by atoms with Gasteiger partial charge in [-0.25, -0.2) is 4.98 Å². The van der Waals surface area contributed by atoms with Crippen LogP contribution in [0.1, 0.15) is 30.6 Å². The van der Waals surface area contributed by atoms with Crippen LogP contribution < -0.4 is 5.32 Å². The third kappa shape index (κ3) is 3.36. The summed E-state index contributed by atoms with van der Waals surface area (Å²) in [5.74, 6) is 0.587. The van der Waals surface area contributed by atoms with Gasteiger partial charge in [-0.15, -0.1) is 11.3 Å². The van der Waals surface area contributed by atoms with E-state index in [0.29, 0.717) is 5.92 Å². The number of hydrogen-bond acceptors (Lipinski definition) is 4. The summed E-state index contributed by atoms with van der Waals surface area (Å²) >= 11 is 1.62. The van der Waals surface area contributed by atoms with E-state index in [2.05, 4.69) is 24.1 Å². The topological polar surface area (TPSA) is 45.2 Å². The Morgan fingerprint density at radius 3 is 2.71 bits per heavy atom. The fraction of sp³-hybridized carbons (Fsp3) is 0.700. The van der Waals surface area contributed by atoms with Crippen LogP contribution in [0.5, 0.6) is 0 Å². The summed E-state index contributed by atoms with van der Waals surface area (Å²) in [5, 5.41) is 15.5. The molecule has 0 aliphatic rings. The summed E-state index contributed by atoms with van der Waals surface area (Å²) in [4.78, 5) is 4.36. The summed E-state index contributed by atoms with van der Waals surface area (Å²) < 4.78 is 0. The van der Waals surface area contributed by atoms with Crippen molar-refractivity contribution in [1.29, 1.82) is 0 Å². The van der Waals surface area contributed by atoms with Crippen LogP contribution >= 0.6 is 11.3 Å². The Bertz CT molecular complexity index is 273. The zero-order valence-corrected chi connectivity index (χ0v) is 9.77. The molecule has 0 fully saturated rings. The van der Waals surface area contributed by atoms with Gasteiger partial charge in [0.15, 0.2) is 0 Å². The summed E-state index contributed by atoms with van der Waals surface area (Å²) in [7, 11) is 0. The van der Waals surface area contributed by atoms with Crippen molar-refractivity contribution in [2.75, 3.05) is 13.2 Å². The lowest BCUT2D eigenvalue weighted by atomic mass is 10.2. The number of aliphatic hydroxyl groups is 1. The highest BCUT2D eigenvalue weighted by Crippen LogP contribution is 2.15. The van der Waals surface area contributed by atoms with Gasteiger partial charge in [0.05, 0.1) is 23.4 Å². The third-order valence-corrected chi connectivity index (χ3v) is 2.74. The first-order valence-corrected chi connectivity index (χ1v) is 5.77. The molecule has 1 aromatic rings. The molecule has 0 aromatic carbocycles. The monoisotopic (exact) mass is 214 g/mol. The van der Waals surface area contributed by atoms with Gasteiger partial charge in [0.25, 0.3) is 0 Å². The maximum absolute atomic E-state index is 9.20. The van der Waals surface area contributed by atoms with Crippen LogP contribution in [-0.2, 0) is 0 Å². The second kappa shape index (κ2) is 5.44. The first-order chi connectivity index (χ1) is 6.63. The molecule has 0 spiro atoms. The van der Waals surface area contributed by atoms with E-state index in [4.69, 9.17) is 0 Å². The number of hydrogen-bond donors (Lipinski definition) is 2. The van der Waals surface area contributed by atoms with Crippen LogP contribution in [0.2, 0.25) is 0 Å². The van der Waals surface area contributed by atoms with Gasteiger partial charge >= 0.3 is 0 Å². The molecule has 80 valence electrons. The van der Waals surface area contributed by atoms with E-state index in [-0.39, 0.29) is 12.6 Å². The molecular weight excluding hydrogens is 196 g/mol. The molecule has 1 atom stereocenters. The lowest BCUT2D eigenvalue weighted by Gasteiger charge is -2.15. The highest BCUT2D eigenvalue weighted by molar-refractivity contribution is 7.09. The molecule has 0 saturated carbocycles. The Hall–Kier alpha value is -0.450. The first-order valence-electron chi connectivity index (χ1n) is 4.89. The minimum Gasteiger partial charge on any atom is -0.394 e. The molecule has 0 radical (unpaired) electrons. The van der Waals surface area contributed by atoms with Crippen LogP contribution in [0.3, 0.4) is 0 Å². The third-order valence-electron chi connectivity index (χ3n) is 1.95. The van der Waals surface area contributed by atoms with E-state index in [1.807, 2.05) is 12.3 Å². The van der Waals surface area contributed by atoms with Crippen molar-refractivity contribution in [2.45, 2.75) is 26.8 Å². The maximum Gasteiger partial charge on any atom is 0.0898 e. The molecule has 1 unspecified atom stereocenters. The Balaban J connectivity index is 2.54. The minimum atomic E-state index is -0.0117. The predicted octanol–water partition coefficient (Wildman–Crippen LogP) is 1.73. The van der Waals surface area contributed by atoms with Crippen LogP contribution in [0.25, 0.3) is 0 Å². The van der Waals surface area contributed by atoms with Crippen LogP contribution in [0, 0.1) is 12.8 Å². The van der Waals surface area contributed by atoms with Crippen molar-refractivity contribution >= 4 is 11.3 Å². The highest BCUT2D eigenvalue weighted by atomic mass is 32.1. The molecule has 0 saturated heterocycles. The molecule has 0 aliphatic heterocycles. The molecule has 1 heterocycles. The van der Waals surface area contributed by atoms with Gasteiger partial charge in [0.1, 0.15) is 0 Å². The Morgan fingerprint density at radius 2 is 2.29 bits per heavy atom. The van der Waals surface area contributed by atoms with Gasteiger partial charge in [-0.3, -0.25) is 0 Å². The largest absolute Gasteiger partial charge is 0.394 e. The molecule has 3 nitrogen and oxygen atoms in total. The molecule has 4 heteroatoms. The van der Waals surface area contributed by atoms with Crippen LogP contribution in [0.15, 0.2) is 5.38 Å². The van der Waals surface area contributed by atoms with Gasteiger partial charge in [-0.1, -0.05) is 13.8 Å². The summed E-state index contributed by atoms with van der Waals surface area (Å²) in [6.07, 6.45) is 0. The number of aromatic nitrogens is 1. The number of aryl methyl sites for hydroxylation is 1. The van der Waals surface area contributed by atoms with E-state index in [0.717, 1.165) is 17.2 Å². The molecule has 2 N–H and O–H groups in total. The standard InChI is InChI=1S/C10H18N2OS/c1-7(2)4-11-9(5-13)10-6-14-8(3)12-10/h6-7,9,11,13H,4-5H2,1-3H3.